The summed E-state index contributed by atoms with van der Waals surface area (Å²) in [5.74, 6) is -0.691. The largest absolute Gasteiger partial charge is 0.416 e. The van der Waals surface area contributed by atoms with Gasteiger partial charge in [0.05, 0.1) is 28.3 Å². The fraction of sp³-hybridized carbons (Fsp3) is 0.355. The van der Waals surface area contributed by atoms with E-state index < -0.39 is 17.6 Å². The Labute approximate surface area is 248 Å². The third kappa shape index (κ3) is 6.88. The first-order chi connectivity index (χ1) is 20.1. The van der Waals surface area contributed by atoms with Gasteiger partial charge in [-0.3, -0.25) is 9.59 Å². The van der Waals surface area contributed by atoms with Gasteiger partial charge in [0.25, 0.3) is 11.8 Å². The van der Waals surface area contributed by atoms with E-state index >= 15 is 0 Å². The molecule has 0 bridgehead atoms. The van der Waals surface area contributed by atoms with Gasteiger partial charge in [-0.05, 0) is 53.4 Å². The van der Waals surface area contributed by atoms with E-state index in [4.69, 9.17) is 22.1 Å². The highest BCUT2D eigenvalue weighted by molar-refractivity contribution is 6.33. The lowest BCUT2D eigenvalue weighted by molar-refractivity contribution is -0.137. The number of nitrogens with two attached hydrogens (primary N) is 1. The van der Waals surface area contributed by atoms with Crippen LogP contribution in [-0.4, -0.2) is 62.6 Å². The topological polar surface area (TPSA) is 87.9 Å². The number of hydrogen-bond donors (Lipinski definition) is 2. The van der Waals surface area contributed by atoms with Crippen LogP contribution in [0, 0.1) is 0 Å². The zero-order valence-corrected chi connectivity index (χ0v) is 24.3. The molecule has 1 unspecified atom stereocenters. The number of nitrogens with zero attached hydrogens (tertiary/aromatic N) is 2. The lowest BCUT2D eigenvalue weighted by atomic mass is 9.96. The molecule has 3 N–H and O–H groups in total. The zero-order chi connectivity index (χ0) is 30.4. The van der Waals surface area contributed by atoms with Crippen LogP contribution in [0.4, 0.5) is 18.9 Å². The Kier molecular flexibility index (Phi) is 10.1. The maximum absolute atomic E-state index is 13.4. The van der Waals surface area contributed by atoms with Crippen molar-refractivity contribution in [2.75, 3.05) is 44.7 Å². The number of piperazine rings is 1. The summed E-state index contributed by atoms with van der Waals surface area (Å²) in [6, 6.07) is 16.2. The van der Waals surface area contributed by atoms with E-state index in [1.54, 1.807) is 12.0 Å². The molecule has 7 nitrogen and oxygen atoms in total. The van der Waals surface area contributed by atoms with Crippen LogP contribution in [-0.2, 0) is 17.5 Å². The van der Waals surface area contributed by atoms with Crippen molar-refractivity contribution in [2.45, 2.75) is 32.2 Å². The Bertz CT molecular complexity index is 1430. The number of halogens is 4. The van der Waals surface area contributed by atoms with Crippen LogP contribution in [0.1, 0.15) is 45.2 Å². The van der Waals surface area contributed by atoms with Crippen molar-refractivity contribution in [1.82, 2.24) is 10.2 Å². The summed E-state index contributed by atoms with van der Waals surface area (Å²) in [5, 5.41) is 2.63. The van der Waals surface area contributed by atoms with E-state index in [1.807, 2.05) is 49.4 Å². The zero-order valence-electron chi connectivity index (χ0n) is 23.5. The normalized spacial score (nSPS) is 15.5. The molecule has 1 saturated heterocycles. The van der Waals surface area contributed by atoms with Gasteiger partial charge in [-0.15, -0.1) is 0 Å². The molecule has 0 aliphatic carbocycles. The van der Waals surface area contributed by atoms with Crippen molar-refractivity contribution < 1.29 is 27.5 Å². The van der Waals surface area contributed by atoms with Gasteiger partial charge in [0.2, 0.25) is 0 Å². The van der Waals surface area contributed by atoms with E-state index in [-0.39, 0.29) is 22.5 Å². The highest BCUT2D eigenvalue weighted by Gasteiger charge is 2.34. The lowest BCUT2D eigenvalue weighted by Gasteiger charge is -2.43. The predicted molar refractivity (Wildman–Crippen MR) is 158 cm³/mol. The monoisotopic (exact) mass is 602 g/mol. The summed E-state index contributed by atoms with van der Waals surface area (Å²) in [4.78, 5) is 30.4. The lowest BCUT2D eigenvalue weighted by Crippen LogP contribution is -2.55. The number of methoxy groups -OCH3 is 1. The number of carbonyl (C=O) groups excluding carboxylic acids is 2. The van der Waals surface area contributed by atoms with Gasteiger partial charge in [-0.1, -0.05) is 48.9 Å². The molecule has 0 radical (unpaired) electrons. The number of benzene rings is 3. The summed E-state index contributed by atoms with van der Waals surface area (Å²) in [7, 11) is 1.63. The summed E-state index contributed by atoms with van der Waals surface area (Å²) in [6.45, 7) is 4.05. The molecule has 1 aliphatic heterocycles. The predicted octanol–water partition coefficient (Wildman–Crippen LogP) is 5.60. The standard InChI is InChI=1S/C31H34ClF3N4O3/c1-3-23-18-38(30(41)25-10-9-22(17-27(25)32)31(33,34)35)14-15-39(23)28-11-8-20(16-26(28)29(40)37-13-12-36)24-7-5-4-6-21(24)19-42-2/h4-11,16-17,23H,3,12-15,18-19,36H2,1-2H3,(H,37,40). The molecule has 224 valence electrons. The van der Waals surface area contributed by atoms with Gasteiger partial charge in [0.15, 0.2) is 0 Å². The molecule has 2 amide bonds. The molecular formula is C31H34ClF3N4O3. The van der Waals surface area contributed by atoms with Gasteiger partial charge >= 0.3 is 6.18 Å². The molecule has 1 heterocycles. The first kappa shape index (κ1) is 31.3. The van der Waals surface area contributed by atoms with Gasteiger partial charge in [0, 0.05) is 51.6 Å². The molecule has 1 fully saturated rings. The molecule has 4 rings (SSSR count). The number of carbonyl (C=O) groups is 2. The smallest absolute Gasteiger partial charge is 0.380 e. The molecule has 0 saturated carbocycles. The average molecular weight is 603 g/mol. The van der Waals surface area contributed by atoms with Crippen molar-refractivity contribution in [1.29, 1.82) is 0 Å². The van der Waals surface area contributed by atoms with Crippen LogP contribution in [0.3, 0.4) is 0 Å². The van der Waals surface area contributed by atoms with Crippen molar-refractivity contribution >= 4 is 29.1 Å². The number of hydrogen-bond acceptors (Lipinski definition) is 5. The number of nitrogens with one attached hydrogen (secondary N) is 1. The Hall–Kier alpha value is -3.60. The second-order valence-corrected chi connectivity index (χ2v) is 10.5. The molecule has 0 spiro atoms. The molecule has 1 aliphatic rings. The summed E-state index contributed by atoms with van der Waals surface area (Å²) in [5.41, 5.74) is 8.77. The van der Waals surface area contributed by atoms with Gasteiger partial charge in [-0.25, -0.2) is 0 Å². The maximum Gasteiger partial charge on any atom is 0.416 e. The quantitative estimate of drug-likeness (QED) is 0.333. The van der Waals surface area contributed by atoms with Crippen LogP contribution in [0.2, 0.25) is 5.02 Å². The molecular weight excluding hydrogens is 569 g/mol. The van der Waals surface area contributed by atoms with Crippen molar-refractivity contribution in [3.63, 3.8) is 0 Å². The molecule has 11 heteroatoms. The molecule has 3 aromatic rings. The van der Waals surface area contributed by atoms with Crippen molar-refractivity contribution in [3.8, 4) is 11.1 Å². The van der Waals surface area contributed by atoms with Crippen LogP contribution in [0.5, 0.6) is 0 Å². The third-order valence-electron chi connectivity index (χ3n) is 7.38. The van der Waals surface area contributed by atoms with Crippen LogP contribution >= 0.6 is 11.6 Å². The fourth-order valence-electron chi connectivity index (χ4n) is 5.24. The van der Waals surface area contributed by atoms with Gasteiger partial charge < -0.3 is 25.6 Å². The number of ether oxygens (including phenoxy) is 1. The van der Waals surface area contributed by atoms with E-state index in [0.29, 0.717) is 51.3 Å². The number of amides is 2. The Balaban J connectivity index is 1.64. The molecule has 42 heavy (non-hydrogen) atoms. The van der Waals surface area contributed by atoms with E-state index in [0.717, 1.165) is 40.6 Å². The summed E-state index contributed by atoms with van der Waals surface area (Å²) < 4.78 is 44.6. The Morgan fingerprint density at radius 3 is 2.50 bits per heavy atom. The minimum absolute atomic E-state index is 0.0221. The van der Waals surface area contributed by atoms with Crippen LogP contribution < -0.4 is 16.0 Å². The first-order valence-corrected chi connectivity index (χ1v) is 14.1. The second-order valence-electron chi connectivity index (χ2n) is 10.1. The highest BCUT2D eigenvalue weighted by atomic mass is 35.5. The van der Waals surface area contributed by atoms with Gasteiger partial charge in [0.1, 0.15) is 0 Å². The molecule has 3 aromatic carbocycles. The molecule has 0 aromatic heterocycles. The van der Waals surface area contributed by atoms with E-state index in [9.17, 15) is 22.8 Å². The van der Waals surface area contributed by atoms with Crippen molar-refractivity contribution in [3.05, 3.63) is 87.9 Å². The minimum Gasteiger partial charge on any atom is -0.380 e. The number of anilines is 1. The summed E-state index contributed by atoms with van der Waals surface area (Å²) >= 11 is 6.12. The van der Waals surface area contributed by atoms with Gasteiger partial charge in [-0.2, -0.15) is 13.2 Å². The number of alkyl halides is 3. The highest BCUT2D eigenvalue weighted by Crippen LogP contribution is 2.35. The summed E-state index contributed by atoms with van der Waals surface area (Å²) in [6.07, 6.45) is -3.90. The first-order valence-electron chi connectivity index (χ1n) is 13.7. The minimum atomic E-state index is -4.56. The Morgan fingerprint density at radius 1 is 1.07 bits per heavy atom. The maximum atomic E-state index is 13.4. The van der Waals surface area contributed by atoms with Crippen LogP contribution in [0.25, 0.3) is 11.1 Å². The second kappa shape index (κ2) is 13.6. The van der Waals surface area contributed by atoms with Crippen molar-refractivity contribution in [2.24, 2.45) is 5.73 Å². The Morgan fingerprint density at radius 2 is 1.83 bits per heavy atom. The number of rotatable bonds is 9. The van der Waals surface area contributed by atoms with E-state index in [1.165, 1.54) is 0 Å². The third-order valence-corrected chi connectivity index (χ3v) is 7.69. The SMILES string of the molecule is CCC1CN(C(=O)c2ccc(C(F)(F)F)cc2Cl)CCN1c1ccc(-c2ccccc2COC)cc1C(=O)NCCN. The molecule has 1 atom stereocenters. The van der Waals surface area contributed by atoms with E-state index in [2.05, 4.69) is 10.2 Å². The van der Waals surface area contributed by atoms with Crippen LogP contribution in [0.15, 0.2) is 60.7 Å². The average Bonchev–Trinajstić information content (AvgIpc) is 2.99. The fourth-order valence-corrected chi connectivity index (χ4v) is 5.50.